The van der Waals surface area contributed by atoms with Crippen LogP contribution in [0, 0.1) is 0 Å². The molecule has 0 atom stereocenters. The van der Waals surface area contributed by atoms with E-state index in [9.17, 15) is 4.79 Å². The number of ketones is 1. The molecule has 0 unspecified atom stereocenters. The van der Waals surface area contributed by atoms with Gasteiger partial charge < -0.3 is 24.7 Å². The van der Waals surface area contributed by atoms with E-state index in [2.05, 4.69) is 0 Å². The van der Waals surface area contributed by atoms with E-state index in [1.807, 2.05) is 0 Å². The Morgan fingerprint density at radius 2 is 1.52 bits per heavy atom. The fourth-order valence-electron chi connectivity index (χ4n) is 2.08. The van der Waals surface area contributed by atoms with E-state index in [-0.39, 0.29) is 12.4 Å². The molecule has 0 fully saturated rings. The summed E-state index contributed by atoms with van der Waals surface area (Å²) in [5.74, 6) is 1.51. The Kier molecular flexibility index (Phi) is 5.30. The highest BCUT2D eigenvalue weighted by atomic mass is 16.5. The minimum absolute atomic E-state index is 0.167. The zero-order chi connectivity index (χ0) is 16.8. The maximum atomic E-state index is 12.4. The van der Waals surface area contributed by atoms with Crippen molar-refractivity contribution < 1.29 is 23.7 Å². The molecule has 0 amide bonds. The van der Waals surface area contributed by atoms with Crippen LogP contribution in [-0.2, 0) is 0 Å². The first-order valence-electron chi connectivity index (χ1n) is 6.91. The maximum Gasteiger partial charge on any atom is 0.204 e. The molecule has 6 nitrogen and oxygen atoms in total. The summed E-state index contributed by atoms with van der Waals surface area (Å²) < 4.78 is 21.1. The molecule has 0 aliphatic heterocycles. The van der Waals surface area contributed by atoms with Crippen molar-refractivity contribution in [1.29, 1.82) is 0 Å². The molecular formula is C17H19NO5. The first kappa shape index (κ1) is 16.5. The quantitative estimate of drug-likeness (QED) is 0.624. The third-order valence-corrected chi connectivity index (χ3v) is 3.28. The molecule has 2 aromatic carbocycles. The largest absolute Gasteiger partial charge is 0.496 e. The normalized spacial score (nSPS) is 10.0. The van der Waals surface area contributed by atoms with Gasteiger partial charge in [-0.1, -0.05) is 12.1 Å². The van der Waals surface area contributed by atoms with Crippen LogP contribution in [0.5, 0.6) is 23.0 Å². The number of anilines is 1. The highest BCUT2D eigenvalue weighted by Crippen LogP contribution is 2.35. The second kappa shape index (κ2) is 7.40. The molecule has 0 heterocycles. The molecule has 0 radical (unpaired) electrons. The van der Waals surface area contributed by atoms with Crippen molar-refractivity contribution in [3.05, 3.63) is 42.0 Å². The molecule has 0 aliphatic rings. The lowest BCUT2D eigenvalue weighted by atomic mass is 10.1. The summed E-state index contributed by atoms with van der Waals surface area (Å²) in [4.78, 5) is 12.4. The minimum Gasteiger partial charge on any atom is -0.496 e. The zero-order valence-electron chi connectivity index (χ0n) is 13.3. The van der Waals surface area contributed by atoms with Crippen LogP contribution in [0.3, 0.4) is 0 Å². The number of nitrogens with two attached hydrogens (primary N) is 1. The fraction of sp³-hybridized carbons (Fsp3) is 0.235. The van der Waals surface area contributed by atoms with Gasteiger partial charge in [0.1, 0.15) is 11.5 Å². The van der Waals surface area contributed by atoms with Crippen LogP contribution in [0.15, 0.2) is 36.4 Å². The third kappa shape index (κ3) is 3.66. The fourth-order valence-corrected chi connectivity index (χ4v) is 2.08. The van der Waals surface area contributed by atoms with Gasteiger partial charge in [0.2, 0.25) is 5.78 Å². The number of benzene rings is 2. The van der Waals surface area contributed by atoms with Crippen LogP contribution in [0.1, 0.15) is 10.4 Å². The molecule has 0 saturated heterocycles. The Morgan fingerprint density at radius 1 is 0.913 bits per heavy atom. The topological polar surface area (TPSA) is 80.0 Å². The number of rotatable bonds is 7. The number of methoxy groups -OCH3 is 3. The predicted octanol–water partition coefficient (Wildman–Crippen LogP) is 2.56. The van der Waals surface area contributed by atoms with E-state index in [0.717, 1.165) is 0 Å². The van der Waals surface area contributed by atoms with Crippen molar-refractivity contribution in [3.63, 3.8) is 0 Å². The van der Waals surface area contributed by atoms with Crippen molar-refractivity contribution in [2.24, 2.45) is 0 Å². The Balaban J connectivity index is 2.23. The Morgan fingerprint density at radius 3 is 2.13 bits per heavy atom. The first-order chi connectivity index (χ1) is 11.1. The second-order valence-corrected chi connectivity index (χ2v) is 4.66. The van der Waals surface area contributed by atoms with Gasteiger partial charge in [-0.25, -0.2) is 0 Å². The molecule has 122 valence electrons. The summed E-state index contributed by atoms with van der Waals surface area (Å²) in [6, 6.07) is 10.2. The van der Waals surface area contributed by atoms with Crippen LogP contribution in [-0.4, -0.2) is 33.7 Å². The van der Waals surface area contributed by atoms with Crippen LogP contribution in [0.4, 0.5) is 5.69 Å². The molecule has 23 heavy (non-hydrogen) atoms. The summed E-state index contributed by atoms with van der Waals surface area (Å²) in [5.41, 5.74) is 6.61. The number of para-hydroxylation sites is 2. The molecule has 2 aromatic rings. The highest BCUT2D eigenvalue weighted by Gasteiger charge is 2.18. The number of Topliss-reactive ketones (excluding diaryl/α,β-unsaturated/α-hetero) is 1. The van der Waals surface area contributed by atoms with E-state index in [0.29, 0.717) is 34.2 Å². The van der Waals surface area contributed by atoms with Gasteiger partial charge >= 0.3 is 0 Å². The first-order valence-corrected chi connectivity index (χ1v) is 6.91. The van der Waals surface area contributed by atoms with Crippen LogP contribution in [0.2, 0.25) is 0 Å². The lowest BCUT2D eigenvalue weighted by Crippen LogP contribution is -2.14. The molecule has 6 heteroatoms. The zero-order valence-corrected chi connectivity index (χ0v) is 13.3. The Bertz CT molecular complexity index is 699. The average Bonchev–Trinajstić information content (AvgIpc) is 2.59. The van der Waals surface area contributed by atoms with Gasteiger partial charge in [-0.3, -0.25) is 4.79 Å². The van der Waals surface area contributed by atoms with Gasteiger partial charge in [-0.2, -0.15) is 0 Å². The summed E-state index contributed by atoms with van der Waals surface area (Å²) in [5, 5.41) is 0. The molecule has 0 bridgehead atoms. The van der Waals surface area contributed by atoms with Crippen LogP contribution < -0.4 is 24.7 Å². The standard InChI is InChI=1S/C17H19NO5/c1-20-15-9-17(22-3)16(21-2)8-11(15)13(19)10-23-14-7-5-4-6-12(14)18/h4-9H,10,18H2,1-3H3. The van der Waals surface area contributed by atoms with Crippen LogP contribution >= 0.6 is 0 Å². The van der Waals surface area contributed by atoms with Crippen molar-refractivity contribution in [2.45, 2.75) is 0 Å². The summed E-state index contributed by atoms with van der Waals surface area (Å²) in [7, 11) is 4.49. The summed E-state index contributed by atoms with van der Waals surface area (Å²) >= 11 is 0. The Labute approximate surface area is 134 Å². The molecule has 0 saturated carbocycles. The Hall–Kier alpha value is -2.89. The SMILES string of the molecule is COc1cc(OC)c(C(=O)COc2ccccc2N)cc1OC. The number of carbonyl (C=O) groups is 1. The maximum absolute atomic E-state index is 12.4. The molecule has 0 aromatic heterocycles. The smallest absolute Gasteiger partial charge is 0.204 e. The number of ether oxygens (including phenoxy) is 4. The summed E-state index contributed by atoms with van der Waals surface area (Å²) in [6.45, 7) is -0.167. The third-order valence-electron chi connectivity index (χ3n) is 3.28. The van der Waals surface area contributed by atoms with Crippen molar-refractivity contribution in [2.75, 3.05) is 33.7 Å². The van der Waals surface area contributed by atoms with Gasteiger partial charge in [-0.05, 0) is 18.2 Å². The molecule has 2 N–H and O–H groups in total. The van der Waals surface area contributed by atoms with Gasteiger partial charge in [0, 0.05) is 6.07 Å². The monoisotopic (exact) mass is 317 g/mol. The lowest BCUT2D eigenvalue weighted by molar-refractivity contribution is 0.0918. The van der Waals surface area contributed by atoms with Gasteiger partial charge in [0.05, 0.1) is 32.6 Å². The average molecular weight is 317 g/mol. The van der Waals surface area contributed by atoms with Crippen LogP contribution in [0.25, 0.3) is 0 Å². The minimum atomic E-state index is -0.258. The van der Waals surface area contributed by atoms with Gasteiger partial charge in [-0.15, -0.1) is 0 Å². The highest BCUT2D eigenvalue weighted by molar-refractivity contribution is 6.00. The molecule has 0 spiro atoms. The van der Waals surface area contributed by atoms with Crippen molar-refractivity contribution in [3.8, 4) is 23.0 Å². The van der Waals surface area contributed by atoms with Gasteiger partial charge in [0.15, 0.2) is 18.1 Å². The van der Waals surface area contributed by atoms with Gasteiger partial charge in [0.25, 0.3) is 0 Å². The van der Waals surface area contributed by atoms with E-state index in [1.54, 1.807) is 36.4 Å². The predicted molar refractivity (Wildman–Crippen MR) is 86.8 cm³/mol. The molecule has 0 aliphatic carbocycles. The van der Waals surface area contributed by atoms with Crippen molar-refractivity contribution >= 4 is 11.5 Å². The van der Waals surface area contributed by atoms with E-state index in [1.165, 1.54) is 21.3 Å². The van der Waals surface area contributed by atoms with Crippen molar-refractivity contribution in [1.82, 2.24) is 0 Å². The van der Waals surface area contributed by atoms with E-state index in [4.69, 9.17) is 24.7 Å². The number of nitrogen functional groups attached to an aromatic ring is 1. The van der Waals surface area contributed by atoms with E-state index >= 15 is 0 Å². The summed E-state index contributed by atoms with van der Waals surface area (Å²) in [6.07, 6.45) is 0. The number of hydrogen-bond donors (Lipinski definition) is 1. The second-order valence-electron chi connectivity index (χ2n) is 4.66. The number of carbonyl (C=O) groups excluding carboxylic acids is 1. The number of hydrogen-bond acceptors (Lipinski definition) is 6. The molecule has 2 rings (SSSR count). The van der Waals surface area contributed by atoms with E-state index < -0.39 is 0 Å². The molecular weight excluding hydrogens is 298 g/mol. The lowest BCUT2D eigenvalue weighted by Gasteiger charge is -2.14.